The Bertz CT molecular complexity index is 1360. The summed E-state index contributed by atoms with van der Waals surface area (Å²) in [7, 11) is 1.42. The Morgan fingerprint density at radius 3 is 2.56 bits per heavy atom. The number of amides is 1. The van der Waals surface area contributed by atoms with Gasteiger partial charge in [0.25, 0.3) is 0 Å². The Kier molecular flexibility index (Phi) is 6.53. The summed E-state index contributed by atoms with van der Waals surface area (Å²) in [5.74, 6) is 1.34. The second kappa shape index (κ2) is 9.77. The van der Waals surface area contributed by atoms with Crippen LogP contribution < -0.4 is 4.90 Å². The predicted octanol–water partition coefficient (Wildman–Crippen LogP) is 5.73. The zero-order valence-electron chi connectivity index (χ0n) is 21.2. The number of carbonyl (C=O) groups excluding carboxylic acids is 2. The fourth-order valence-electron chi connectivity index (χ4n) is 6.05. The molecule has 36 heavy (non-hydrogen) atoms. The molecule has 0 spiro atoms. The molecule has 7 nitrogen and oxygen atoms in total. The van der Waals surface area contributed by atoms with Crippen LogP contribution in [0.4, 0.5) is 10.5 Å². The van der Waals surface area contributed by atoms with Crippen LogP contribution in [0.5, 0.6) is 0 Å². The van der Waals surface area contributed by atoms with Crippen LogP contribution in [0.25, 0.3) is 11.0 Å². The number of nitriles is 1. The van der Waals surface area contributed by atoms with Gasteiger partial charge in [0.15, 0.2) is 0 Å². The van der Waals surface area contributed by atoms with Gasteiger partial charge in [-0.3, -0.25) is 9.69 Å². The van der Waals surface area contributed by atoms with Gasteiger partial charge in [-0.05, 0) is 76.1 Å². The van der Waals surface area contributed by atoms with E-state index in [0.717, 1.165) is 72.2 Å². The Morgan fingerprint density at radius 2 is 1.86 bits per heavy atom. The molecule has 0 saturated heterocycles. The van der Waals surface area contributed by atoms with E-state index in [1.165, 1.54) is 7.11 Å². The largest absolute Gasteiger partial charge is 0.452 e. The number of hydrogen-bond acceptors (Lipinski definition) is 5. The number of ether oxygens (including phenoxy) is 1. The fourth-order valence-corrected chi connectivity index (χ4v) is 6.05. The molecule has 1 aliphatic carbocycles. The highest BCUT2D eigenvalue weighted by molar-refractivity contribution is 5.95. The number of aryl methyl sites for hydroxylation is 1. The Balaban J connectivity index is 1.64. The van der Waals surface area contributed by atoms with Crippen molar-refractivity contribution < 1.29 is 14.3 Å². The minimum absolute atomic E-state index is 0.0494. The number of nitrogens with zero attached hydrogens (tertiary/aromatic N) is 4. The lowest BCUT2D eigenvalue weighted by atomic mass is 9.83. The normalized spacial score (nSPS) is 21.6. The monoisotopic (exact) mass is 484 g/mol. The maximum atomic E-state index is 12.6. The summed E-state index contributed by atoms with van der Waals surface area (Å²) in [6.45, 7) is 3.74. The number of methoxy groups -OCH3 is 1. The molecule has 0 unspecified atom stereocenters. The quantitative estimate of drug-likeness (QED) is 0.472. The number of hydrogen-bond donors (Lipinski definition) is 0. The summed E-state index contributed by atoms with van der Waals surface area (Å²) in [4.78, 5) is 31.5. The van der Waals surface area contributed by atoms with E-state index in [-0.39, 0.29) is 29.9 Å². The first-order chi connectivity index (χ1) is 17.4. The highest BCUT2D eigenvalue weighted by Gasteiger charge is 2.33. The number of rotatable bonds is 4. The van der Waals surface area contributed by atoms with Crippen molar-refractivity contribution in [2.24, 2.45) is 5.92 Å². The third kappa shape index (κ3) is 4.15. The third-order valence-electron chi connectivity index (χ3n) is 8.02. The molecule has 186 valence electrons. The first-order valence-electron chi connectivity index (χ1n) is 12.8. The fraction of sp³-hybridized carbons (Fsp3) is 0.448. The van der Waals surface area contributed by atoms with Crippen LogP contribution in [0.1, 0.15) is 74.5 Å². The van der Waals surface area contributed by atoms with Crippen LogP contribution in [-0.2, 0) is 22.4 Å². The molecule has 0 N–H and O–H groups in total. The average Bonchev–Trinajstić information content (AvgIpc) is 3.26. The third-order valence-corrected chi connectivity index (χ3v) is 8.02. The SMILES string of the molecule is COC(=O)N1c2ccc3c(nc(Cc4ccccc4C#N)n3C3CCC(C(C)=O)CC3)c2CC[C@@H]1C. The predicted molar refractivity (Wildman–Crippen MR) is 138 cm³/mol. The molecule has 1 aliphatic heterocycles. The molecule has 7 heteroatoms. The van der Waals surface area contributed by atoms with Gasteiger partial charge < -0.3 is 9.30 Å². The summed E-state index contributed by atoms with van der Waals surface area (Å²) in [6, 6.07) is 14.4. The van der Waals surface area contributed by atoms with Crippen LogP contribution in [0.3, 0.4) is 0 Å². The Labute approximate surface area is 211 Å². The van der Waals surface area contributed by atoms with Gasteiger partial charge in [-0.1, -0.05) is 18.2 Å². The van der Waals surface area contributed by atoms with Crippen LogP contribution in [0.15, 0.2) is 36.4 Å². The maximum absolute atomic E-state index is 12.6. The van der Waals surface area contributed by atoms with Gasteiger partial charge in [0.2, 0.25) is 0 Å². The standard InChI is InChI=1S/C29H32N4O3/c1-18-8-13-24-25(32(18)29(35)36-3)14-15-26-28(24)31-27(16-21-6-4-5-7-22(21)17-30)33(26)23-11-9-20(10-12-23)19(2)34/h4-7,14-15,18,20,23H,8-13,16H2,1-3H3/t18-,20?,23?/m0/s1. The minimum Gasteiger partial charge on any atom is -0.452 e. The molecule has 1 amide bonds. The minimum atomic E-state index is -0.354. The number of carbonyl (C=O) groups is 2. The topological polar surface area (TPSA) is 88.2 Å². The summed E-state index contributed by atoms with van der Waals surface area (Å²) in [5, 5.41) is 9.66. The van der Waals surface area contributed by atoms with E-state index in [1.807, 2.05) is 37.3 Å². The van der Waals surface area contributed by atoms with E-state index in [2.05, 4.69) is 16.7 Å². The van der Waals surface area contributed by atoms with Gasteiger partial charge in [0.05, 0.1) is 35.5 Å². The van der Waals surface area contributed by atoms with Gasteiger partial charge in [-0.2, -0.15) is 5.26 Å². The smallest absolute Gasteiger partial charge is 0.414 e. The van der Waals surface area contributed by atoms with Crippen molar-refractivity contribution in [2.75, 3.05) is 12.0 Å². The van der Waals surface area contributed by atoms with Crippen molar-refractivity contribution in [3.05, 3.63) is 58.9 Å². The van der Waals surface area contributed by atoms with Gasteiger partial charge in [0, 0.05) is 30.0 Å². The van der Waals surface area contributed by atoms with E-state index in [4.69, 9.17) is 9.72 Å². The average molecular weight is 485 g/mol. The summed E-state index contributed by atoms with van der Waals surface area (Å²) >= 11 is 0. The lowest BCUT2D eigenvalue weighted by Crippen LogP contribution is -2.42. The number of imidazole rings is 1. The molecule has 2 aromatic carbocycles. The molecule has 1 saturated carbocycles. The molecule has 5 rings (SSSR count). The first-order valence-corrected chi connectivity index (χ1v) is 12.8. The van der Waals surface area contributed by atoms with Crippen LogP contribution in [0, 0.1) is 17.2 Å². The van der Waals surface area contributed by atoms with Crippen molar-refractivity contribution in [3.8, 4) is 6.07 Å². The highest BCUT2D eigenvalue weighted by atomic mass is 16.5. The Morgan fingerprint density at radius 1 is 1.11 bits per heavy atom. The van der Waals surface area contributed by atoms with Crippen LogP contribution >= 0.6 is 0 Å². The second-order valence-corrected chi connectivity index (χ2v) is 10.1. The number of ketones is 1. The lowest BCUT2D eigenvalue weighted by Gasteiger charge is -2.34. The van der Waals surface area contributed by atoms with E-state index < -0.39 is 0 Å². The molecule has 1 atom stereocenters. The zero-order valence-corrected chi connectivity index (χ0v) is 21.2. The van der Waals surface area contributed by atoms with Gasteiger partial charge in [-0.15, -0.1) is 0 Å². The Hall–Kier alpha value is -3.66. The zero-order chi connectivity index (χ0) is 25.4. The van der Waals surface area contributed by atoms with E-state index in [0.29, 0.717) is 12.0 Å². The van der Waals surface area contributed by atoms with Gasteiger partial charge in [-0.25, -0.2) is 9.78 Å². The summed E-state index contributed by atoms with van der Waals surface area (Å²) in [5.41, 5.74) is 5.52. The summed E-state index contributed by atoms with van der Waals surface area (Å²) in [6.07, 6.45) is 5.48. The number of benzene rings is 2. The molecular weight excluding hydrogens is 452 g/mol. The van der Waals surface area contributed by atoms with Crippen molar-refractivity contribution in [1.82, 2.24) is 9.55 Å². The van der Waals surface area contributed by atoms with E-state index in [9.17, 15) is 14.9 Å². The van der Waals surface area contributed by atoms with Crippen molar-refractivity contribution in [3.63, 3.8) is 0 Å². The van der Waals surface area contributed by atoms with E-state index >= 15 is 0 Å². The second-order valence-electron chi connectivity index (χ2n) is 10.1. The molecule has 0 bridgehead atoms. The highest BCUT2D eigenvalue weighted by Crippen LogP contribution is 2.40. The van der Waals surface area contributed by atoms with Crippen LogP contribution in [-0.4, -0.2) is 34.6 Å². The molecule has 1 fully saturated rings. The van der Waals surface area contributed by atoms with E-state index in [1.54, 1.807) is 11.8 Å². The first kappa shape index (κ1) is 24.1. The van der Waals surface area contributed by atoms with Crippen LogP contribution in [0.2, 0.25) is 0 Å². The van der Waals surface area contributed by atoms with Gasteiger partial charge in [0.1, 0.15) is 11.6 Å². The summed E-state index contributed by atoms with van der Waals surface area (Å²) < 4.78 is 7.44. The molecule has 2 heterocycles. The molecule has 2 aliphatic rings. The molecule has 3 aromatic rings. The molecule has 1 aromatic heterocycles. The number of Topliss-reactive ketones (excluding diaryl/α,β-unsaturated/α-hetero) is 1. The van der Waals surface area contributed by atoms with Crippen molar-refractivity contribution >= 4 is 28.6 Å². The molecule has 0 radical (unpaired) electrons. The lowest BCUT2D eigenvalue weighted by molar-refractivity contribution is -0.121. The van der Waals surface area contributed by atoms with Gasteiger partial charge >= 0.3 is 6.09 Å². The molecular formula is C29H32N4O3. The number of aromatic nitrogens is 2. The van der Waals surface area contributed by atoms with Crippen molar-refractivity contribution in [2.45, 2.75) is 70.9 Å². The number of anilines is 1. The van der Waals surface area contributed by atoms with Crippen molar-refractivity contribution in [1.29, 1.82) is 5.26 Å². The maximum Gasteiger partial charge on any atom is 0.414 e. The number of fused-ring (bicyclic) bond motifs is 3.